The lowest BCUT2D eigenvalue weighted by molar-refractivity contribution is -0.124. The van der Waals surface area contributed by atoms with Crippen molar-refractivity contribution in [3.8, 4) is 0 Å². The molecule has 0 saturated heterocycles. The van der Waals surface area contributed by atoms with Crippen LogP contribution < -0.4 is 5.32 Å². The average molecular weight is 392 g/mol. The van der Waals surface area contributed by atoms with Crippen LogP contribution in [-0.4, -0.2) is 39.0 Å². The lowest BCUT2D eigenvalue weighted by atomic mass is 10.1. The topological polar surface area (TPSA) is 74.1 Å². The molecule has 2 aromatic rings. The zero-order chi connectivity index (χ0) is 19.8. The molecule has 0 spiro atoms. The Hall–Kier alpha value is -2.93. The summed E-state index contributed by atoms with van der Waals surface area (Å²) in [4.78, 5) is 36.1. The number of benzene rings is 2. The summed E-state index contributed by atoms with van der Waals surface area (Å²) < 4.78 is 0. The predicted octanol–water partition coefficient (Wildman–Crippen LogP) is 3.73. The van der Waals surface area contributed by atoms with Gasteiger partial charge in [0, 0.05) is 11.3 Å². The highest BCUT2D eigenvalue weighted by Crippen LogP contribution is 2.34. The Labute approximate surface area is 167 Å². The molecule has 2 amide bonds. The van der Waals surface area contributed by atoms with Crippen LogP contribution in [0.3, 0.4) is 0 Å². The molecule has 2 heterocycles. The van der Waals surface area contributed by atoms with E-state index in [1.165, 1.54) is 16.7 Å². The average Bonchev–Trinajstić information content (AvgIpc) is 2.99. The standard InChI is InChI=1S/C21H20N4O2S/c1-12-8-4-6-10-16(12)23-19(26)14(3)28-21-24-17-11-7-5-9-15(17)18-22-13(2)20(27)25(18)21/h4-11,13-14H,1-3H3,(H,23,26)/t13-,14+/m1/s1. The molecule has 28 heavy (non-hydrogen) atoms. The van der Waals surface area contributed by atoms with Crippen LogP contribution in [0.15, 0.2) is 58.5 Å². The first kappa shape index (κ1) is 18.4. The Bertz CT molecular complexity index is 1030. The Morgan fingerprint density at radius 1 is 1.18 bits per heavy atom. The fourth-order valence-electron chi connectivity index (χ4n) is 3.11. The number of amides is 2. The number of aryl methyl sites for hydroxylation is 1. The number of fused-ring (bicyclic) bond motifs is 3. The highest BCUT2D eigenvalue weighted by atomic mass is 32.2. The molecule has 0 aromatic heterocycles. The van der Waals surface area contributed by atoms with E-state index >= 15 is 0 Å². The van der Waals surface area contributed by atoms with E-state index in [2.05, 4.69) is 15.3 Å². The number of para-hydroxylation sites is 2. The first-order chi connectivity index (χ1) is 13.5. The smallest absolute Gasteiger partial charge is 0.258 e. The van der Waals surface area contributed by atoms with Crippen molar-refractivity contribution in [2.75, 3.05) is 5.32 Å². The third-order valence-electron chi connectivity index (χ3n) is 4.71. The number of amidine groups is 2. The van der Waals surface area contributed by atoms with Crippen molar-refractivity contribution in [3.05, 3.63) is 59.7 Å². The Kier molecular flexibility index (Phi) is 4.77. The van der Waals surface area contributed by atoms with Crippen LogP contribution in [-0.2, 0) is 9.59 Å². The van der Waals surface area contributed by atoms with Crippen LogP contribution in [0.25, 0.3) is 0 Å². The van der Waals surface area contributed by atoms with Gasteiger partial charge in [0.25, 0.3) is 5.91 Å². The molecule has 2 aliphatic heterocycles. The molecule has 0 saturated carbocycles. The van der Waals surface area contributed by atoms with Gasteiger partial charge in [0.1, 0.15) is 11.9 Å². The minimum Gasteiger partial charge on any atom is -0.325 e. The number of thioether (sulfide) groups is 1. The van der Waals surface area contributed by atoms with Crippen LogP contribution in [0.1, 0.15) is 25.0 Å². The molecule has 142 valence electrons. The van der Waals surface area contributed by atoms with E-state index in [4.69, 9.17) is 0 Å². The molecule has 1 N–H and O–H groups in total. The van der Waals surface area contributed by atoms with Gasteiger partial charge in [-0.1, -0.05) is 42.1 Å². The van der Waals surface area contributed by atoms with Gasteiger partial charge in [0.15, 0.2) is 5.17 Å². The van der Waals surface area contributed by atoms with Gasteiger partial charge in [-0.2, -0.15) is 0 Å². The normalized spacial score (nSPS) is 18.8. The van der Waals surface area contributed by atoms with E-state index in [0.29, 0.717) is 11.0 Å². The van der Waals surface area contributed by atoms with E-state index in [1.54, 1.807) is 6.92 Å². The summed E-state index contributed by atoms with van der Waals surface area (Å²) in [5.74, 6) is 0.346. The molecular formula is C21H20N4O2S. The molecule has 4 rings (SSSR count). The van der Waals surface area contributed by atoms with E-state index in [9.17, 15) is 9.59 Å². The maximum atomic E-state index is 12.7. The maximum absolute atomic E-state index is 12.7. The van der Waals surface area contributed by atoms with E-state index in [0.717, 1.165) is 22.5 Å². The SMILES string of the molecule is Cc1ccccc1NC(=O)[C@H](C)SC1=Nc2ccccc2C2=N[C@H](C)C(=O)N12. The minimum atomic E-state index is -0.456. The molecule has 2 atom stereocenters. The number of hydrogen-bond acceptors (Lipinski definition) is 5. The van der Waals surface area contributed by atoms with E-state index in [-0.39, 0.29) is 11.8 Å². The van der Waals surface area contributed by atoms with Crippen molar-refractivity contribution in [2.45, 2.75) is 32.1 Å². The third-order valence-corrected chi connectivity index (χ3v) is 5.76. The van der Waals surface area contributed by atoms with Gasteiger partial charge in [0.2, 0.25) is 5.91 Å². The molecule has 7 heteroatoms. The van der Waals surface area contributed by atoms with Crippen LogP contribution in [0.4, 0.5) is 11.4 Å². The largest absolute Gasteiger partial charge is 0.325 e. The fraction of sp³-hybridized carbons (Fsp3) is 0.238. The number of anilines is 1. The van der Waals surface area contributed by atoms with Crippen LogP contribution in [0.5, 0.6) is 0 Å². The first-order valence-corrected chi connectivity index (χ1v) is 9.96. The van der Waals surface area contributed by atoms with Gasteiger partial charge < -0.3 is 5.32 Å². The predicted molar refractivity (Wildman–Crippen MR) is 113 cm³/mol. The summed E-state index contributed by atoms with van der Waals surface area (Å²) in [5, 5.41) is 3.00. The first-order valence-electron chi connectivity index (χ1n) is 9.08. The molecule has 0 bridgehead atoms. The summed E-state index contributed by atoms with van der Waals surface area (Å²) in [6.07, 6.45) is 0. The van der Waals surface area contributed by atoms with Crippen molar-refractivity contribution in [3.63, 3.8) is 0 Å². The third kappa shape index (κ3) is 3.22. The molecule has 2 aliphatic rings. The van der Waals surface area contributed by atoms with E-state index in [1.807, 2.05) is 62.4 Å². The summed E-state index contributed by atoms with van der Waals surface area (Å²) in [6.45, 7) is 5.53. The number of hydrogen-bond donors (Lipinski definition) is 1. The highest BCUT2D eigenvalue weighted by Gasteiger charge is 2.40. The van der Waals surface area contributed by atoms with E-state index < -0.39 is 11.3 Å². The number of carbonyl (C=O) groups excluding carboxylic acids is 2. The molecule has 0 unspecified atom stereocenters. The van der Waals surface area contributed by atoms with Gasteiger partial charge in [-0.25, -0.2) is 9.89 Å². The Morgan fingerprint density at radius 2 is 1.89 bits per heavy atom. The van der Waals surface area contributed by atoms with Crippen molar-refractivity contribution in [1.82, 2.24) is 4.90 Å². The Morgan fingerprint density at radius 3 is 2.68 bits per heavy atom. The second-order valence-electron chi connectivity index (χ2n) is 6.78. The molecular weight excluding hydrogens is 372 g/mol. The van der Waals surface area contributed by atoms with Crippen molar-refractivity contribution in [1.29, 1.82) is 0 Å². The maximum Gasteiger partial charge on any atom is 0.258 e. The van der Waals surface area contributed by atoms with Gasteiger partial charge in [-0.15, -0.1) is 0 Å². The van der Waals surface area contributed by atoms with Crippen molar-refractivity contribution in [2.24, 2.45) is 9.98 Å². The zero-order valence-electron chi connectivity index (χ0n) is 15.8. The molecule has 0 fully saturated rings. The van der Waals surface area contributed by atoms with Gasteiger partial charge in [-0.3, -0.25) is 14.6 Å². The quantitative estimate of drug-likeness (QED) is 0.865. The molecule has 2 aromatic carbocycles. The number of nitrogens with one attached hydrogen (secondary N) is 1. The second-order valence-corrected chi connectivity index (χ2v) is 8.09. The minimum absolute atomic E-state index is 0.123. The van der Waals surface area contributed by atoms with Gasteiger partial charge in [0.05, 0.1) is 10.9 Å². The molecule has 6 nitrogen and oxygen atoms in total. The zero-order valence-corrected chi connectivity index (χ0v) is 16.7. The van der Waals surface area contributed by atoms with Crippen LogP contribution in [0, 0.1) is 6.92 Å². The molecule has 0 aliphatic carbocycles. The summed E-state index contributed by atoms with van der Waals surface area (Å²) in [5.41, 5.74) is 3.37. The summed E-state index contributed by atoms with van der Waals surface area (Å²) >= 11 is 1.26. The van der Waals surface area contributed by atoms with Crippen LogP contribution >= 0.6 is 11.8 Å². The van der Waals surface area contributed by atoms with Gasteiger partial charge in [-0.05, 0) is 44.5 Å². The van der Waals surface area contributed by atoms with Crippen LogP contribution in [0.2, 0.25) is 0 Å². The monoisotopic (exact) mass is 392 g/mol. The van der Waals surface area contributed by atoms with Crippen molar-refractivity contribution >= 4 is 46.0 Å². The fourth-order valence-corrected chi connectivity index (χ4v) is 4.03. The number of aliphatic imine (C=N–C) groups is 2. The van der Waals surface area contributed by atoms with Gasteiger partial charge >= 0.3 is 0 Å². The number of nitrogens with zero attached hydrogens (tertiary/aromatic N) is 3. The lowest BCUT2D eigenvalue weighted by Gasteiger charge is -2.26. The second kappa shape index (κ2) is 7.24. The number of carbonyl (C=O) groups is 2. The van der Waals surface area contributed by atoms with Crippen molar-refractivity contribution < 1.29 is 9.59 Å². The molecule has 0 radical (unpaired) electrons. The summed E-state index contributed by atoms with van der Waals surface area (Å²) in [6, 6.07) is 14.8. The lowest BCUT2D eigenvalue weighted by Crippen LogP contribution is -2.42. The Balaban J connectivity index is 1.59. The summed E-state index contributed by atoms with van der Waals surface area (Å²) in [7, 11) is 0. The highest BCUT2D eigenvalue weighted by molar-refractivity contribution is 8.15. The number of rotatable bonds is 3.